The number of aromatic nitrogens is 4. The lowest BCUT2D eigenvalue weighted by Gasteiger charge is -2.11. The summed E-state index contributed by atoms with van der Waals surface area (Å²) in [6, 6.07) is 5.78. The number of anilines is 1. The van der Waals surface area contributed by atoms with Gasteiger partial charge in [-0.15, -0.1) is 13.2 Å². The van der Waals surface area contributed by atoms with Crippen molar-refractivity contribution in [1.82, 2.24) is 20.2 Å². The molecule has 1 aliphatic rings. The number of ether oxygens (including phenoxy) is 2. The number of benzene rings is 1. The molecule has 0 spiro atoms. The fraction of sp³-hybridized carbons (Fsp3) is 0.353. The Morgan fingerprint density at radius 1 is 1.30 bits per heavy atom. The summed E-state index contributed by atoms with van der Waals surface area (Å²) in [6.07, 6.45) is -1.39. The smallest absolute Gasteiger partial charge is 0.406 e. The zero-order valence-corrected chi connectivity index (χ0v) is 14.1. The third-order valence-electron chi connectivity index (χ3n) is 4.16. The Bertz CT molecular complexity index is 938. The van der Waals surface area contributed by atoms with Gasteiger partial charge in [-0.2, -0.15) is 5.10 Å². The molecule has 1 saturated heterocycles. The van der Waals surface area contributed by atoms with Crippen LogP contribution in [0, 0.1) is 0 Å². The van der Waals surface area contributed by atoms with Crippen molar-refractivity contribution in [3.63, 3.8) is 0 Å². The Morgan fingerprint density at radius 3 is 2.96 bits per heavy atom. The van der Waals surface area contributed by atoms with E-state index >= 15 is 0 Å². The van der Waals surface area contributed by atoms with Crippen LogP contribution in [0.3, 0.4) is 0 Å². The molecule has 0 radical (unpaired) electrons. The van der Waals surface area contributed by atoms with Gasteiger partial charge in [0.2, 0.25) is 0 Å². The average molecular weight is 379 g/mol. The molecule has 4 rings (SSSR count). The SMILES string of the molecule is FC(F)(F)Oc1ccc2c(NCc3nc(C4CCCO4)n[nH]3)ccnc2c1. The minimum absolute atomic E-state index is 0.0659. The van der Waals surface area contributed by atoms with Gasteiger partial charge >= 0.3 is 6.36 Å². The van der Waals surface area contributed by atoms with E-state index in [4.69, 9.17) is 4.74 Å². The number of alkyl halides is 3. The zero-order chi connectivity index (χ0) is 18.9. The molecule has 1 atom stereocenters. The lowest BCUT2D eigenvalue weighted by molar-refractivity contribution is -0.274. The molecular weight excluding hydrogens is 363 g/mol. The summed E-state index contributed by atoms with van der Waals surface area (Å²) in [7, 11) is 0. The number of pyridine rings is 1. The number of nitrogens with one attached hydrogen (secondary N) is 2. The van der Waals surface area contributed by atoms with E-state index in [1.807, 2.05) is 0 Å². The lowest BCUT2D eigenvalue weighted by Crippen LogP contribution is -2.17. The van der Waals surface area contributed by atoms with E-state index in [-0.39, 0.29) is 11.9 Å². The number of nitrogens with zero attached hydrogens (tertiary/aromatic N) is 3. The van der Waals surface area contributed by atoms with Gasteiger partial charge in [0.1, 0.15) is 17.7 Å². The first kappa shape index (κ1) is 17.5. The van der Waals surface area contributed by atoms with E-state index in [9.17, 15) is 13.2 Å². The van der Waals surface area contributed by atoms with Gasteiger partial charge < -0.3 is 14.8 Å². The third kappa shape index (κ3) is 4.11. The molecule has 2 N–H and O–H groups in total. The highest BCUT2D eigenvalue weighted by atomic mass is 19.4. The number of aromatic amines is 1. The lowest BCUT2D eigenvalue weighted by atomic mass is 10.2. The van der Waals surface area contributed by atoms with Gasteiger partial charge in [0.15, 0.2) is 5.82 Å². The monoisotopic (exact) mass is 379 g/mol. The molecule has 0 saturated carbocycles. The molecule has 10 heteroatoms. The van der Waals surface area contributed by atoms with Crippen LogP contribution >= 0.6 is 0 Å². The number of H-pyrrole nitrogens is 1. The summed E-state index contributed by atoms with van der Waals surface area (Å²) >= 11 is 0. The van der Waals surface area contributed by atoms with Crippen molar-refractivity contribution in [2.24, 2.45) is 0 Å². The van der Waals surface area contributed by atoms with Gasteiger partial charge in [-0.1, -0.05) is 0 Å². The van der Waals surface area contributed by atoms with Crippen LogP contribution in [0.4, 0.5) is 18.9 Å². The Labute approximate surface area is 151 Å². The molecule has 142 valence electrons. The number of hydrogen-bond donors (Lipinski definition) is 2. The maximum atomic E-state index is 12.4. The highest BCUT2D eigenvalue weighted by molar-refractivity contribution is 5.91. The first-order valence-corrected chi connectivity index (χ1v) is 8.39. The molecular formula is C17H16F3N5O2. The predicted molar refractivity (Wildman–Crippen MR) is 90.1 cm³/mol. The summed E-state index contributed by atoms with van der Waals surface area (Å²) in [5.41, 5.74) is 1.10. The van der Waals surface area contributed by atoms with Crippen LogP contribution in [0.15, 0.2) is 30.5 Å². The fourth-order valence-corrected chi connectivity index (χ4v) is 2.97. The molecule has 7 nitrogen and oxygen atoms in total. The Hall–Kier alpha value is -2.88. The first-order valence-electron chi connectivity index (χ1n) is 8.39. The molecule has 0 aliphatic carbocycles. The molecule has 1 aromatic carbocycles. The van der Waals surface area contributed by atoms with Gasteiger partial charge in [-0.05, 0) is 31.0 Å². The van der Waals surface area contributed by atoms with E-state index in [1.54, 1.807) is 6.07 Å². The first-order chi connectivity index (χ1) is 13.0. The molecule has 0 amide bonds. The molecule has 3 aromatic rings. The normalized spacial score (nSPS) is 17.4. The molecule has 1 unspecified atom stereocenters. The van der Waals surface area contributed by atoms with E-state index in [2.05, 4.69) is 30.2 Å². The quantitative estimate of drug-likeness (QED) is 0.703. The summed E-state index contributed by atoms with van der Waals surface area (Å²) in [6.45, 7) is 1.09. The second kappa shape index (κ2) is 7.03. The van der Waals surface area contributed by atoms with Gasteiger partial charge in [-0.25, -0.2) is 4.98 Å². The van der Waals surface area contributed by atoms with E-state index < -0.39 is 6.36 Å². The van der Waals surface area contributed by atoms with Gasteiger partial charge in [0.25, 0.3) is 0 Å². The summed E-state index contributed by atoms with van der Waals surface area (Å²) in [5, 5.41) is 10.9. The van der Waals surface area contributed by atoms with Crippen molar-refractivity contribution < 1.29 is 22.6 Å². The minimum Gasteiger partial charge on any atom is -0.406 e. The van der Waals surface area contributed by atoms with Gasteiger partial charge in [0, 0.05) is 29.9 Å². The highest BCUT2D eigenvalue weighted by Crippen LogP contribution is 2.29. The highest BCUT2D eigenvalue weighted by Gasteiger charge is 2.31. The van der Waals surface area contributed by atoms with Crippen molar-refractivity contribution in [3.05, 3.63) is 42.1 Å². The fourth-order valence-electron chi connectivity index (χ4n) is 2.97. The second-order valence-electron chi connectivity index (χ2n) is 6.08. The zero-order valence-electron chi connectivity index (χ0n) is 14.1. The van der Waals surface area contributed by atoms with Crippen LogP contribution in [0.1, 0.15) is 30.6 Å². The Balaban J connectivity index is 1.48. The second-order valence-corrected chi connectivity index (χ2v) is 6.08. The third-order valence-corrected chi connectivity index (χ3v) is 4.16. The molecule has 2 aromatic heterocycles. The molecule has 3 heterocycles. The van der Waals surface area contributed by atoms with Crippen LogP contribution in [0.5, 0.6) is 5.75 Å². The predicted octanol–water partition coefficient (Wildman–Crippen LogP) is 3.72. The van der Waals surface area contributed by atoms with Crippen molar-refractivity contribution in [1.29, 1.82) is 0 Å². The van der Waals surface area contributed by atoms with Crippen LogP contribution in [0.2, 0.25) is 0 Å². The Kier molecular flexibility index (Phi) is 4.56. The standard InChI is InChI=1S/C17H16F3N5O2/c18-17(19,20)27-10-3-4-11-12(5-6-21-13(11)8-10)22-9-15-23-16(25-24-15)14-2-1-7-26-14/h3-6,8,14H,1-2,7,9H2,(H,21,22)(H,23,24,25). The number of rotatable bonds is 5. The average Bonchev–Trinajstić information content (AvgIpc) is 3.29. The van der Waals surface area contributed by atoms with E-state index in [1.165, 1.54) is 24.4 Å². The molecule has 1 aliphatic heterocycles. The molecule has 1 fully saturated rings. The molecule has 0 bridgehead atoms. The van der Waals surface area contributed by atoms with E-state index in [0.717, 1.165) is 19.4 Å². The van der Waals surface area contributed by atoms with Gasteiger partial charge in [-0.3, -0.25) is 10.1 Å². The van der Waals surface area contributed by atoms with Crippen LogP contribution in [-0.4, -0.2) is 33.1 Å². The van der Waals surface area contributed by atoms with Crippen molar-refractivity contribution >= 4 is 16.6 Å². The van der Waals surface area contributed by atoms with Crippen LogP contribution in [0.25, 0.3) is 10.9 Å². The summed E-state index contributed by atoms with van der Waals surface area (Å²) in [5.74, 6) is 0.969. The number of hydrogen-bond acceptors (Lipinski definition) is 6. The van der Waals surface area contributed by atoms with Gasteiger partial charge in [0.05, 0.1) is 12.1 Å². The van der Waals surface area contributed by atoms with Crippen molar-refractivity contribution in [3.8, 4) is 5.75 Å². The maximum absolute atomic E-state index is 12.4. The number of fused-ring (bicyclic) bond motifs is 1. The number of halogens is 3. The van der Waals surface area contributed by atoms with Crippen LogP contribution < -0.4 is 10.1 Å². The molecule has 27 heavy (non-hydrogen) atoms. The van der Waals surface area contributed by atoms with Crippen molar-refractivity contribution in [2.75, 3.05) is 11.9 Å². The maximum Gasteiger partial charge on any atom is 0.573 e. The van der Waals surface area contributed by atoms with Crippen LogP contribution in [-0.2, 0) is 11.3 Å². The minimum atomic E-state index is -4.74. The topological polar surface area (TPSA) is 85.0 Å². The Morgan fingerprint density at radius 2 is 2.19 bits per heavy atom. The van der Waals surface area contributed by atoms with E-state index in [0.29, 0.717) is 34.8 Å². The van der Waals surface area contributed by atoms with Crippen molar-refractivity contribution in [2.45, 2.75) is 31.9 Å². The summed E-state index contributed by atoms with van der Waals surface area (Å²) in [4.78, 5) is 8.53. The summed E-state index contributed by atoms with van der Waals surface area (Å²) < 4.78 is 46.6. The largest absolute Gasteiger partial charge is 0.573 e.